The van der Waals surface area contributed by atoms with Crippen molar-refractivity contribution in [2.75, 3.05) is 13.2 Å². The first-order valence-electron chi connectivity index (χ1n) is 8.31. The summed E-state index contributed by atoms with van der Waals surface area (Å²) in [6.07, 6.45) is -4.55. The molecule has 5 N–H and O–H groups in total. The molecule has 0 aromatic heterocycles. The van der Waals surface area contributed by atoms with Crippen LogP contribution in [0.5, 0.6) is 0 Å². The Hall–Kier alpha value is -0.610. The standard InChI is InChI=1S/C16H26O8/c1-14(2)8-3-4-15(14,10(18)5-8)7-23-16(22)13(21)12(20)11(19)9(6-17)24-16/h8-9,11-13,17,19-22H,3-7H2,1-2H3/t8?,9-,11+,12+,13-,15?,16-/m1/s1. The zero-order chi connectivity index (χ0) is 17.9. The Labute approximate surface area is 140 Å². The Morgan fingerprint density at radius 1 is 1.25 bits per heavy atom. The van der Waals surface area contributed by atoms with Crippen LogP contribution in [0.2, 0.25) is 0 Å². The molecule has 3 rings (SSSR count). The van der Waals surface area contributed by atoms with E-state index in [1.165, 1.54) is 0 Å². The molecule has 0 aromatic rings. The lowest BCUT2D eigenvalue weighted by Crippen LogP contribution is -2.66. The van der Waals surface area contributed by atoms with Crippen LogP contribution in [-0.2, 0) is 14.3 Å². The minimum Gasteiger partial charge on any atom is -0.394 e. The number of Topliss-reactive ketones (excluding diaryl/α,β-unsaturated/α-hetero) is 1. The highest BCUT2D eigenvalue weighted by Crippen LogP contribution is 2.64. The highest BCUT2D eigenvalue weighted by Gasteiger charge is 2.65. The number of hydrogen-bond donors (Lipinski definition) is 5. The maximum Gasteiger partial charge on any atom is 0.311 e. The molecule has 8 heteroatoms. The van der Waals surface area contributed by atoms with Crippen LogP contribution in [-0.4, -0.2) is 74.9 Å². The van der Waals surface area contributed by atoms with Crippen molar-refractivity contribution in [2.45, 2.75) is 63.5 Å². The second-order valence-corrected chi connectivity index (χ2v) is 7.85. The molecular weight excluding hydrogens is 320 g/mol. The number of aliphatic hydroxyl groups is 5. The van der Waals surface area contributed by atoms with Gasteiger partial charge in [-0.3, -0.25) is 4.79 Å². The van der Waals surface area contributed by atoms with E-state index in [4.69, 9.17) is 9.47 Å². The van der Waals surface area contributed by atoms with Gasteiger partial charge in [-0.15, -0.1) is 0 Å². The van der Waals surface area contributed by atoms with E-state index in [1.54, 1.807) is 0 Å². The largest absolute Gasteiger partial charge is 0.394 e. The van der Waals surface area contributed by atoms with Gasteiger partial charge in [0.2, 0.25) is 0 Å². The van der Waals surface area contributed by atoms with Crippen molar-refractivity contribution in [1.82, 2.24) is 0 Å². The topological polar surface area (TPSA) is 137 Å². The summed E-state index contributed by atoms with van der Waals surface area (Å²) in [6, 6.07) is 0. The summed E-state index contributed by atoms with van der Waals surface area (Å²) in [5.74, 6) is -2.27. The fourth-order valence-electron chi connectivity index (χ4n) is 4.58. The number of carbonyl (C=O) groups is 1. The second-order valence-electron chi connectivity index (χ2n) is 7.85. The average molecular weight is 346 g/mol. The summed E-state index contributed by atoms with van der Waals surface area (Å²) in [6.45, 7) is 3.16. The SMILES string of the molecule is CC1(C)C2CCC1(CO[C@@]1(O)O[C@H](CO)[C@H](O)[C@H](O)[C@H]1O)C(=O)C2. The highest BCUT2D eigenvalue weighted by molar-refractivity contribution is 5.89. The minimum atomic E-state index is -2.60. The molecule has 0 aromatic carbocycles. The number of hydrogen-bond acceptors (Lipinski definition) is 8. The van der Waals surface area contributed by atoms with Crippen molar-refractivity contribution in [3.05, 3.63) is 0 Å². The van der Waals surface area contributed by atoms with Gasteiger partial charge in [0.1, 0.15) is 24.1 Å². The third-order valence-corrected chi connectivity index (χ3v) is 6.59. The fraction of sp³-hybridized carbons (Fsp3) is 0.938. The highest BCUT2D eigenvalue weighted by atomic mass is 16.8. The molecule has 3 fully saturated rings. The van der Waals surface area contributed by atoms with E-state index in [-0.39, 0.29) is 23.7 Å². The van der Waals surface area contributed by atoms with Crippen molar-refractivity contribution in [3.8, 4) is 0 Å². The molecule has 2 bridgehead atoms. The molecule has 0 spiro atoms. The van der Waals surface area contributed by atoms with Crippen LogP contribution in [0.3, 0.4) is 0 Å². The van der Waals surface area contributed by atoms with Crippen molar-refractivity contribution >= 4 is 5.78 Å². The van der Waals surface area contributed by atoms with E-state index >= 15 is 0 Å². The first-order valence-corrected chi connectivity index (χ1v) is 8.31. The lowest BCUT2D eigenvalue weighted by atomic mass is 9.69. The van der Waals surface area contributed by atoms with Crippen LogP contribution in [0.4, 0.5) is 0 Å². The number of ether oxygens (including phenoxy) is 2. The molecule has 8 nitrogen and oxygen atoms in total. The van der Waals surface area contributed by atoms with Gasteiger partial charge in [-0.05, 0) is 24.2 Å². The van der Waals surface area contributed by atoms with E-state index < -0.39 is 42.4 Å². The van der Waals surface area contributed by atoms with Crippen LogP contribution in [0.25, 0.3) is 0 Å². The van der Waals surface area contributed by atoms with E-state index in [0.29, 0.717) is 12.8 Å². The normalized spacial score (nSPS) is 50.5. The molecule has 1 aliphatic heterocycles. The predicted octanol–water partition coefficient (Wildman–Crippen LogP) is -1.48. The van der Waals surface area contributed by atoms with Crippen LogP contribution >= 0.6 is 0 Å². The number of fused-ring (bicyclic) bond motifs is 2. The summed E-state index contributed by atoms with van der Waals surface area (Å²) >= 11 is 0. The van der Waals surface area contributed by atoms with Crippen LogP contribution in [0, 0.1) is 16.7 Å². The van der Waals surface area contributed by atoms with Crippen LogP contribution in [0.1, 0.15) is 33.1 Å². The van der Waals surface area contributed by atoms with E-state index in [9.17, 15) is 30.3 Å². The van der Waals surface area contributed by atoms with Crippen LogP contribution in [0.15, 0.2) is 0 Å². The maximum atomic E-state index is 12.5. The third kappa shape index (κ3) is 2.28. The minimum absolute atomic E-state index is 0.0666. The van der Waals surface area contributed by atoms with Gasteiger partial charge >= 0.3 is 5.97 Å². The maximum absolute atomic E-state index is 12.5. The molecule has 0 amide bonds. The van der Waals surface area contributed by atoms with Crippen molar-refractivity contribution in [3.63, 3.8) is 0 Å². The third-order valence-electron chi connectivity index (χ3n) is 6.59. The van der Waals surface area contributed by atoms with Gasteiger partial charge in [0.15, 0.2) is 6.10 Å². The summed E-state index contributed by atoms with van der Waals surface area (Å²) in [4.78, 5) is 12.5. The molecule has 0 radical (unpaired) electrons. The molecule has 7 atom stereocenters. The quantitative estimate of drug-likeness (QED) is 0.389. The smallest absolute Gasteiger partial charge is 0.311 e. The summed E-state index contributed by atoms with van der Waals surface area (Å²) in [5.41, 5.74) is -1.07. The van der Waals surface area contributed by atoms with Crippen LogP contribution < -0.4 is 0 Å². The summed E-state index contributed by atoms with van der Waals surface area (Å²) in [7, 11) is 0. The lowest BCUT2D eigenvalue weighted by Gasteiger charge is -2.46. The van der Waals surface area contributed by atoms with E-state index in [2.05, 4.69) is 0 Å². The van der Waals surface area contributed by atoms with Crippen molar-refractivity contribution in [1.29, 1.82) is 0 Å². The monoisotopic (exact) mass is 346 g/mol. The van der Waals surface area contributed by atoms with Crippen molar-refractivity contribution < 1.29 is 39.8 Å². The Bertz CT molecular complexity index is 520. The Morgan fingerprint density at radius 3 is 2.42 bits per heavy atom. The average Bonchev–Trinajstić information content (AvgIpc) is 2.89. The summed E-state index contributed by atoms with van der Waals surface area (Å²) in [5, 5.41) is 49.3. The van der Waals surface area contributed by atoms with E-state index in [0.717, 1.165) is 6.42 Å². The Kier molecular flexibility index (Phi) is 4.32. The molecule has 2 aliphatic carbocycles. The molecule has 24 heavy (non-hydrogen) atoms. The molecule has 1 saturated heterocycles. The first kappa shape index (κ1) is 18.2. The zero-order valence-corrected chi connectivity index (χ0v) is 13.9. The van der Waals surface area contributed by atoms with Gasteiger partial charge in [-0.2, -0.15) is 0 Å². The number of carbonyl (C=O) groups excluding carboxylic acids is 1. The predicted molar refractivity (Wildman–Crippen MR) is 79.4 cm³/mol. The molecular formula is C16H26O8. The Morgan fingerprint density at radius 2 is 1.92 bits per heavy atom. The van der Waals surface area contributed by atoms with Gasteiger partial charge in [0.05, 0.1) is 18.6 Å². The zero-order valence-electron chi connectivity index (χ0n) is 13.9. The molecule has 1 heterocycles. The first-order chi connectivity index (χ1) is 11.1. The summed E-state index contributed by atoms with van der Waals surface area (Å²) < 4.78 is 10.5. The van der Waals surface area contributed by atoms with Crippen molar-refractivity contribution in [2.24, 2.45) is 16.7 Å². The molecule has 2 saturated carbocycles. The van der Waals surface area contributed by atoms with Gasteiger partial charge in [0, 0.05) is 6.42 Å². The molecule has 138 valence electrons. The molecule has 3 aliphatic rings. The lowest BCUT2D eigenvalue weighted by molar-refractivity contribution is -0.452. The molecule has 2 unspecified atom stereocenters. The van der Waals surface area contributed by atoms with E-state index in [1.807, 2.05) is 13.8 Å². The van der Waals surface area contributed by atoms with Gasteiger partial charge < -0.3 is 35.0 Å². The number of ketones is 1. The Balaban J connectivity index is 1.79. The number of rotatable bonds is 4. The van der Waals surface area contributed by atoms with Gasteiger partial charge in [0.25, 0.3) is 0 Å². The van der Waals surface area contributed by atoms with Gasteiger partial charge in [-0.1, -0.05) is 13.8 Å². The van der Waals surface area contributed by atoms with Gasteiger partial charge in [-0.25, -0.2) is 0 Å². The second kappa shape index (κ2) is 5.70. The number of aliphatic hydroxyl groups excluding tert-OH is 4. The fourth-order valence-corrected chi connectivity index (χ4v) is 4.58.